The van der Waals surface area contributed by atoms with E-state index >= 15 is 0 Å². The lowest BCUT2D eigenvalue weighted by Crippen LogP contribution is -2.37. The smallest absolute Gasteiger partial charge is 0.239 e. The predicted octanol–water partition coefficient (Wildman–Crippen LogP) is 2.89. The summed E-state index contributed by atoms with van der Waals surface area (Å²) >= 11 is 5.99. The van der Waals surface area contributed by atoms with Gasteiger partial charge in [0.1, 0.15) is 11.6 Å². The standard InChI is InChI=1S/C17H18ClFN2O4S/c1-25-16-8-7-13(9-14(16)18)20-17(22)11-21(26(2,23)24)10-12-5-3-4-6-15(12)19/h3-9H,10-11H2,1-2H3,(H,20,22). The topological polar surface area (TPSA) is 75.7 Å². The van der Waals surface area contributed by atoms with Crippen LogP contribution in [0.25, 0.3) is 0 Å². The lowest BCUT2D eigenvalue weighted by atomic mass is 10.2. The molecule has 0 heterocycles. The zero-order chi connectivity index (χ0) is 19.3. The van der Waals surface area contributed by atoms with Crippen molar-refractivity contribution in [2.24, 2.45) is 0 Å². The minimum atomic E-state index is -3.73. The number of hydrogen-bond donors (Lipinski definition) is 1. The van der Waals surface area contributed by atoms with Crippen LogP contribution in [0.5, 0.6) is 5.75 Å². The number of anilines is 1. The molecule has 0 atom stereocenters. The Labute approximate surface area is 156 Å². The Kier molecular flexibility index (Phi) is 6.57. The summed E-state index contributed by atoms with van der Waals surface area (Å²) in [6.45, 7) is -0.709. The number of nitrogens with one attached hydrogen (secondary N) is 1. The van der Waals surface area contributed by atoms with Gasteiger partial charge in [0.25, 0.3) is 0 Å². The number of ether oxygens (including phenoxy) is 1. The predicted molar refractivity (Wildman–Crippen MR) is 98.3 cm³/mol. The van der Waals surface area contributed by atoms with E-state index in [4.69, 9.17) is 16.3 Å². The minimum absolute atomic E-state index is 0.179. The molecule has 0 spiro atoms. The average Bonchev–Trinajstić information content (AvgIpc) is 2.55. The summed E-state index contributed by atoms with van der Waals surface area (Å²) in [6.07, 6.45) is 0.964. The molecule has 2 rings (SSSR count). The third-order valence-corrected chi connectivity index (χ3v) is 5.02. The average molecular weight is 401 g/mol. The van der Waals surface area contributed by atoms with Crippen molar-refractivity contribution in [1.29, 1.82) is 0 Å². The number of halogens is 2. The van der Waals surface area contributed by atoms with Gasteiger partial charge in [-0.2, -0.15) is 4.31 Å². The van der Waals surface area contributed by atoms with Gasteiger partial charge in [0.2, 0.25) is 15.9 Å². The maximum absolute atomic E-state index is 13.8. The van der Waals surface area contributed by atoms with Gasteiger partial charge >= 0.3 is 0 Å². The maximum Gasteiger partial charge on any atom is 0.239 e. The highest BCUT2D eigenvalue weighted by molar-refractivity contribution is 7.88. The van der Waals surface area contributed by atoms with Crippen LogP contribution in [-0.4, -0.2) is 38.5 Å². The second-order valence-electron chi connectivity index (χ2n) is 5.52. The van der Waals surface area contributed by atoms with Gasteiger partial charge in [0, 0.05) is 17.8 Å². The third-order valence-electron chi connectivity index (χ3n) is 3.53. The van der Waals surface area contributed by atoms with Gasteiger partial charge in [-0.3, -0.25) is 4.79 Å². The number of methoxy groups -OCH3 is 1. The van der Waals surface area contributed by atoms with Crippen LogP contribution in [0.3, 0.4) is 0 Å². The molecule has 0 radical (unpaired) electrons. The van der Waals surface area contributed by atoms with Crippen LogP contribution in [0.4, 0.5) is 10.1 Å². The second-order valence-corrected chi connectivity index (χ2v) is 7.91. The van der Waals surface area contributed by atoms with Gasteiger partial charge in [-0.25, -0.2) is 12.8 Å². The molecule has 2 aromatic carbocycles. The van der Waals surface area contributed by atoms with E-state index in [0.717, 1.165) is 10.6 Å². The number of carbonyl (C=O) groups is 1. The highest BCUT2D eigenvalue weighted by atomic mass is 35.5. The Balaban J connectivity index is 2.12. The fourth-order valence-corrected chi connectivity index (χ4v) is 3.19. The summed E-state index contributed by atoms with van der Waals surface area (Å²) in [5.41, 5.74) is 0.568. The Morgan fingerprint density at radius 2 is 1.96 bits per heavy atom. The minimum Gasteiger partial charge on any atom is -0.495 e. The van der Waals surface area contributed by atoms with Crippen molar-refractivity contribution in [2.45, 2.75) is 6.54 Å². The van der Waals surface area contributed by atoms with Crippen LogP contribution in [0.2, 0.25) is 5.02 Å². The highest BCUT2D eigenvalue weighted by Gasteiger charge is 2.22. The van der Waals surface area contributed by atoms with Crippen molar-refractivity contribution < 1.29 is 22.3 Å². The van der Waals surface area contributed by atoms with E-state index in [-0.39, 0.29) is 12.1 Å². The number of amides is 1. The van der Waals surface area contributed by atoms with Crippen LogP contribution in [0.1, 0.15) is 5.56 Å². The molecule has 0 saturated heterocycles. The molecule has 0 aliphatic heterocycles. The molecule has 0 fully saturated rings. The zero-order valence-electron chi connectivity index (χ0n) is 14.2. The number of sulfonamides is 1. The third kappa shape index (κ3) is 5.42. The van der Waals surface area contributed by atoms with Crippen molar-refractivity contribution in [3.63, 3.8) is 0 Å². The molecule has 1 amide bonds. The SMILES string of the molecule is COc1ccc(NC(=O)CN(Cc2ccccc2F)S(C)(=O)=O)cc1Cl. The molecule has 0 aliphatic rings. The van der Waals surface area contributed by atoms with Gasteiger partial charge in [0.15, 0.2) is 0 Å². The first-order valence-electron chi connectivity index (χ1n) is 7.52. The lowest BCUT2D eigenvalue weighted by Gasteiger charge is -2.20. The highest BCUT2D eigenvalue weighted by Crippen LogP contribution is 2.27. The number of hydrogen-bond acceptors (Lipinski definition) is 4. The molecular formula is C17H18ClFN2O4S. The van der Waals surface area contributed by atoms with E-state index in [2.05, 4.69) is 5.32 Å². The van der Waals surface area contributed by atoms with Gasteiger partial charge in [-0.1, -0.05) is 29.8 Å². The lowest BCUT2D eigenvalue weighted by molar-refractivity contribution is -0.116. The largest absolute Gasteiger partial charge is 0.495 e. The van der Waals surface area contributed by atoms with Crippen molar-refractivity contribution in [3.05, 3.63) is 58.9 Å². The van der Waals surface area contributed by atoms with Crippen molar-refractivity contribution in [2.75, 3.05) is 25.2 Å². The molecule has 9 heteroatoms. The zero-order valence-corrected chi connectivity index (χ0v) is 15.8. The van der Waals surface area contributed by atoms with Crippen molar-refractivity contribution in [3.8, 4) is 5.75 Å². The number of nitrogens with zero attached hydrogens (tertiary/aromatic N) is 1. The molecule has 1 N–H and O–H groups in total. The molecule has 6 nitrogen and oxygen atoms in total. The molecular weight excluding hydrogens is 383 g/mol. The van der Waals surface area contributed by atoms with E-state index < -0.39 is 28.3 Å². The monoisotopic (exact) mass is 400 g/mol. The van der Waals surface area contributed by atoms with Crippen LogP contribution in [0.15, 0.2) is 42.5 Å². The maximum atomic E-state index is 13.8. The van der Waals surface area contributed by atoms with Gasteiger partial charge in [-0.15, -0.1) is 0 Å². The van der Waals surface area contributed by atoms with Crippen molar-refractivity contribution in [1.82, 2.24) is 4.31 Å². The summed E-state index contributed by atoms with van der Waals surface area (Å²) in [5, 5.41) is 2.86. The van der Waals surface area contributed by atoms with Gasteiger partial charge < -0.3 is 10.1 Å². The van der Waals surface area contributed by atoms with Crippen LogP contribution in [0, 0.1) is 5.82 Å². The fourth-order valence-electron chi connectivity index (χ4n) is 2.21. The Bertz CT molecular complexity index is 905. The molecule has 0 unspecified atom stereocenters. The molecule has 0 aromatic heterocycles. The van der Waals surface area contributed by atoms with E-state index in [0.29, 0.717) is 16.5 Å². The van der Waals surface area contributed by atoms with E-state index in [1.165, 1.54) is 31.4 Å². The first kappa shape index (κ1) is 20.2. The fraction of sp³-hybridized carbons (Fsp3) is 0.235. The van der Waals surface area contributed by atoms with E-state index in [1.807, 2.05) is 0 Å². The Morgan fingerprint density at radius 1 is 1.27 bits per heavy atom. The number of rotatable bonds is 7. The molecule has 0 aliphatic carbocycles. The first-order valence-corrected chi connectivity index (χ1v) is 9.75. The van der Waals surface area contributed by atoms with E-state index in [9.17, 15) is 17.6 Å². The summed E-state index contributed by atoms with van der Waals surface area (Å²) in [4.78, 5) is 12.2. The molecule has 0 bridgehead atoms. The van der Waals surface area contributed by atoms with E-state index in [1.54, 1.807) is 18.2 Å². The molecule has 26 heavy (non-hydrogen) atoms. The first-order chi connectivity index (χ1) is 12.2. The summed E-state index contributed by atoms with van der Waals surface area (Å²) in [5.74, 6) is -0.668. The number of benzene rings is 2. The summed E-state index contributed by atoms with van der Waals surface area (Å²) < 4.78 is 43.6. The normalized spacial score (nSPS) is 11.4. The van der Waals surface area contributed by atoms with Crippen molar-refractivity contribution >= 4 is 33.2 Å². The quantitative estimate of drug-likeness (QED) is 0.775. The summed E-state index contributed by atoms with van der Waals surface area (Å²) in [7, 11) is -2.26. The summed E-state index contributed by atoms with van der Waals surface area (Å²) in [6, 6.07) is 10.4. The molecule has 2 aromatic rings. The second kappa shape index (κ2) is 8.48. The Morgan fingerprint density at radius 3 is 2.54 bits per heavy atom. The van der Waals surface area contributed by atoms with Gasteiger partial charge in [-0.05, 0) is 24.3 Å². The van der Waals surface area contributed by atoms with Crippen LogP contribution in [-0.2, 0) is 21.4 Å². The number of carbonyl (C=O) groups excluding carboxylic acids is 1. The molecule has 140 valence electrons. The van der Waals surface area contributed by atoms with Crippen LogP contribution < -0.4 is 10.1 Å². The van der Waals surface area contributed by atoms with Crippen LogP contribution >= 0.6 is 11.6 Å². The Hall–Kier alpha value is -2.16. The molecule has 0 saturated carbocycles. The van der Waals surface area contributed by atoms with Gasteiger partial charge in [0.05, 0.1) is 24.9 Å².